The van der Waals surface area contributed by atoms with E-state index < -0.39 is 16.0 Å². The van der Waals surface area contributed by atoms with Gasteiger partial charge in [0.25, 0.3) is 0 Å². The van der Waals surface area contributed by atoms with E-state index in [1.807, 2.05) is 0 Å². The van der Waals surface area contributed by atoms with E-state index in [9.17, 15) is 13.2 Å². The number of nitrogens with zero attached hydrogens (tertiary/aromatic N) is 2. The molecule has 0 atom stereocenters. The maximum atomic E-state index is 12.4. The first kappa shape index (κ1) is 16.2. The fourth-order valence-electron chi connectivity index (χ4n) is 2.00. The standard InChI is InChI=1S/C14H17N3O4S/c1-10-13(7-12(17(10)2)14(18)21-3)22(19,20)16-9-11-5-4-6-15-8-11/h4-8,16H,9H2,1-3H3. The van der Waals surface area contributed by atoms with Gasteiger partial charge >= 0.3 is 5.97 Å². The number of rotatable bonds is 5. The second-order valence-corrected chi connectivity index (χ2v) is 6.45. The molecule has 22 heavy (non-hydrogen) atoms. The van der Waals surface area contributed by atoms with Gasteiger partial charge in [-0.25, -0.2) is 17.9 Å². The summed E-state index contributed by atoms with van der Waals surface area (Å²) in [7, 11) is -0.877. The highest BCUT2D eigenvalue weighted by Gasteiger charge is 2.24. The molecule has 0 fully saturated rings. The van der Waals surface area contributed by atoms with E-state index in [0.717, 1.165) is 5.56 Å². The lowest BCUT2D eigenvalue weighted by Crippen LogP contribution is -2.23. The molecule has 0 aliphatic carbocycles. The highest BCUT2D eigenvalue weighted by Crippen LogP contribution is 2.20. The third-order valence-electron chi connectivity index (χ3n) is 3.36. The number of pyridine rings is 1. The minimum atomic E-state index is -3.74. The van der Waals surface area contributed by atoms with E-state index in [1.165, 1.54) is 17.7 Å². The Kier molecular flexibility index (Phi) is 4.62. The minimum absolute atomic E-state index is 0.0549. The maximum Gasteiger partial charge on any atom is 0.354 e. The molecular weight excluding hydrogens is 306 g/mol. The van der Waals surface area contributed by atoms with Gasteiger partial charge in [0.15, 0.2) is 0 Å². The third-order valence-corrected chi connectivity index (χ3v) is 4.88. The van der Waals surface area contributed by atoms with Crippen molar-refractivity contribution in [3.63, 3.8) is 0 Å². The van der Waals surface area contributed by atoms with E-state index >= 15 is 0 Å². The molecule has 0 aliphatic heterocycles. The number of methoxy groups -OCH3 is 1. The number of hydrogen-bond donors (Lipinski definition) is 1. The van der Waals surface area contributed by atoms with E-state index in [-0.39, 0.29) is 17.1 Å². The number of aromatic nitrogens is 2. The molecule has 0 aliphatic rings. The van der Waals surface area contributed by atoms with Gasteiger partial charge in [-0.05, 0) is 24.6 Å². The average Bonchev–Trinajstić information content (AvgIpc) is 2.82. The molecule has 7 nitrogen and oxygen atoms in total. The van der Waals surface area contributed by atoms with Gasteiger partial charge in [0.2, 0.25) is 10.0 Å². The van der Waals surface area contributed by atoms with Crippen molar-refractivity contribution in [2.45, 2.75) is 18.4 Å². The highest BCUT2D eigenvalue weighted by atomic mass is 32.2. The molecule has 0 saturated heterocycles. The SMILES string of the molecule is COC(=O)c1cc(S(=O)(=O)NCc2cccnc2)c(C)n1C. The predicted octanol–water partition coefficient (Wildman–Crippen LogP) is 0.994. The molecule has 0 radical (unpaired) electrons. The Bertz CT molecular complexity index is 782. The summed E-state index contributed by atoms with van der Waals surface area (Å²) >= 11 is 0. The first-order chi connectivity index (χ1) is 10.4. The quantitative estimate of drug-likeness (QED) is 0.829. The van der Waals surface area contributed by atoms with Crippen LogP contribution in [0.3, 0.4) is 0 Å². The summed E-state index contributed by atoms with van der Waals surface area (Å²) in [5, 5.41) is 0. The molecule has 2 aromatic rings. The van der Waals surface area contributed by atoms with Crippen LogP contribution in [0.2, 0.25) is 0 Å². The van der Waals surface area contributed by atoms with Gasteiger partial charge in [-0.2, -0.15) is 0 Å². The zero-order valence-corrected chi connectivity index (χ0v) is 13.3. The van der Waals surface area contributed by atoms with E-state index in [1.54, 1.807) is 38.5 Å². The van der Waals surface area contributed by atoms with Gasteiger partial charge < -0.3 is 9.30 Å². The molecule has 2 rings (SSSR count). The van der Waals surface area contributed by atoms with Crippen LogP contribution in [0.1, 0.15) is 21.7 Å². The Morgan fingerprint density at radius 1 is 1.45 bits per heavy atom. The summed E-state index contributed by atoms with van der Waals surface area (Å²) in [5.41, 5.74) is 1.38. The molecule has 8 heteroatoms. The van der Waals surface area contributed by atoms with Crippen LogP contribution in [-0.2, 0) is 28.4 Å². The van der Waals surface area contributed by atoms with E-state index in [2.05, 4.69) is 14.4 Å². The lowest BCUT2D eigenvalue weighted by Gasteiger charge is -2.07. The minimum Gasteiger partial charge on any atom is -0.464 e. The lowest BCUT2D eigenvalue weighted by molar-refractivity contribution is 0.0589. The van der Waals surface area contributed by atoms with Crippen molar-refractivity contribution in [3.8, 4) is 0 Å². The Hall–Kier alpha value is -2.19. The van der Waals surface area contributed by atoms with Gasteiger partial charge in [-0.1, -0.05) is 6.07 Å². The number of sulfonamides is 1. The van der Waals surface area contributed by atoms with Crippen molar-refractivity contribution in [1.82, 2.24) is 14.3 Å². The zero-order chi connectivity index (χ0) is 16.3. The summed E-state index contributed by atoms with van der Waals surface area (Å²) in [6, 6.07) is 4.81. The Labute approximate surface area is 129 Å². The molecule has 0 saturated carbocycles. The molecule has 118 valence electrons. The van der Waals surface area contributed by atoms with Crippen LogP contribution in [0.4, 0.5) is 0 Å². The lowest BCUT2D eigenvalue weighted by atomic mass is 10.3. The van der Waals surface area contributed by atoms with Gasteiger partial charge in [0, 0.05) is 31.7 Å². The Morgan fingerprint density at radius 2 is 2.18 bits per heavy atom. The van der Waals surface area contributed by atoms with Gasteiger partial charge in [-0.15, -0.1) is 0 Å². The molecule has 0 aromatic carbocycles. The van der Waals surface area contributed by atoms with Crippen LogP contribution in [0.5, 0.6) is 0 Å². The monoisotopic (exact) mass is 323 g/mol. The second-order valence-electron chi connectivity index (χ2n) is 4.72. The van der Waals surface area contributed by atoms with Crippen molar-refractivity contribution < 1.29 is 17.9 Å². The molecule has 1 N–H and O–H groups in total. The number of carbonyl (C=O) groups excluding carboxylic acids is 1. The highest BCUT2D eigenvalue weighted by molar-refractivity contribution is 7.89. The summed E-state index contributed by atoms with van der Waals surface area (Å²) in [6.45, 7) is 1.75. The second kappa shape index (κ2) is 6.29. The van der Waals surface area contributed by atoms with Crippen LogP contribution >= 0.6 is 0 Å². The van der Waals surface area contributed by atoms with Crippen LogP contribution in [0.25, 0.3) is 0 Å². The fourth-order valence-corrected chi connectivity index (χ4v) is 3.31. The molecule has 0 spiro atoms. The summed E-state index contributed by atoms with van der Waals surface area (Å²) in [5.74, 6) is -0.584. The number of nitrogens with one attached hydrogen (secondary N) is 1. The van der Waals surface area contributed by atoms with Crippen molar-refractivity contribution >= 4 is 16.0 Å². The van der Waals surface area contributed by atoms with Gasteiger partial charge in [-0.3, -0.25) is 4.98 Å². The molecular formula is C14H17N3O4S. The van der Waals surface area contributed by atoms with E-state index in [0.29, 0.717) is 5.69 Å². The fraction of sp³-hybridized carbons (Fsp3) is 0.286. The van der Waals surface area contributed by atoms with Crippen LogP contribution < -0.4 is 4.72 Å². The average molecular weight is 323 g/mol. The Balaban J connectivity index is 2.28. The summed E-state index contributed by atoms with van der Waals surface area (Å²) in [4.78, 5) is 15.6. The van der Waals surface area contributed by atoms with Crippen molar-refractivity contribution in [2.75, 3.05) is 7.11 Å². The molecule has 2 aromatic heterocycles. The van der Waals surface area contributed by atoms with Gasteiger partial charge in [0.1, 0.15) is 10.6 Å². The number of carbonyl (C=O) groups is 1. The van der Waals surface area contributed by atoms with E-state index in [4.69, 9.17) is 0 Å². The van der Waals surface area contributed by atoms with Crippen LogP contribution in [0, 0.1) is 6.92 Å². The molecule has 0 amide bonds. The number of esters is 1. The van der Waals surface area contributed by atoms with Crippen molar-refractivity contribution in [2.24, 2.45) is 7.05 Å². The Morgan fingerprint density at radius 3 is 2.77 bits per heavy atom. The number of ether oxygens (including phenoxy) is 1. The van der Waals surface area contributed by atoms with Crippen LogP contribution in [0.15, 0.2) is 35.5 Å². The molecule has 0 unspecified atom stereocenters. The maximum absolute atomic E-state index is 12.4. The largest absolute Gasteiger partial charge is 0.464 e. The molecule has 0 bridgehead atoms. The van der Waals surface area contributed by atoms with Crippen molar-refractivity contribution in [3.05, 3.63) is 47.5 Å². The summed E-state index contributed by atoms with van der Waals surface area (Å²) in [6.07, 6.45) is 3.20. The third kappa shape index (κ3) is 3.18. The van der Waals surface area contributed by atoms with Crippen LogP contribution in [-0.4, -0.2) is 31.0 Å². The molecule has 2 heterocycles. The first-order valence-corrected chi connectivity index (χ1v) is 7.98. The first-order valence-electron chi connectivity index (χ1n) is 6.50. The van der Waals surface area contributed by atoms with Crippen molar-refractivity contribution in [1.29, 1.82) is 0 Å². The van der Waals surface area contributed by atoms with Gasteiger partial charge in [0.05, 0.1) is 7.11 Å². The zero-order valence-electron chi connectivity index (χ0n) is 12.5. The smallest absolute Gasteiger partial charge is 0.354 e. The topological polar surface area (TPSA) is 90.3 Å². The normalized spacial score (nSPS) is 11.4. The summed E-state index contributed by atoms with van der Waals surface area (Å²) < 4.78 is 33.4. The predicted molar refractivity (Wildman–Crippen MR) is 79.8 cm³/mol. The number of hydrogen-bond acceptors (Lipinski definition) is 5.